The first-order chi connectivity index (χ1) is 16.4. The number of hydrogen-bond donors (Lipinski definition) is 8. The van der Waals surface area contributed by atoms with Gasteiger partial charge >= 0.3 is 5.97 Å². The molecule has 1 aliphatic rings. The molecule has 0 saturated heterocycles. The molecule has 35 heavy (non-hydrogen) atoms. The zero-order valence-corrected chi connectivity index (χ0v) is 17.4. The molecule has 0 radical (unpaired) electrons. The molecule has 1 aliphatic heterocycles. The second-order valence-electron chi connectivity index (χ2n) is 7.31. The van der Waals surface area contributed by atoms with Crippen LogP contribution in [0, 0.1) is 5.82 Å². The normalized spacial score (nSPS) is 14.2. The maximum absolute atomic E-state index is 12.9. The summed E-state index contributed by atoms with van der Waals surface area (Å²) in [5, 5.41) is 74.1. The van der Waals surface area contributed by atoms with E-state index in [1.807, 2.05) is 0 Å². The summed E-state index contributed by atoms with van der Waals surface area (Å²) in [7, 11) is 0. The molecular weight excluding hydrogens is 478 g/mol. The van der Waals surface area contributed by atoms with Crippen LogP contribution in [-0.2, 0) is 11.4 Å². The zero-order chi connectivity index (χ0) is 26.0. The number of phenols is 8. The summed E-state index contributed by atoms with van der Waals surface area (Å²) >= 11 is 0. The lowest BCUT2D eigenvalue weighted by Crippen LogP contribution is -2.15. The molecule has 0 saturated carbocycles. The Labute approximate surface area is 194 Å². The van der Waals surface area contributed by atoms with Crippen LogP contribution in [0.25, 0.3) is 0 Å². The molecule has 3 aromatic carbocycles. The van der Waals surface area contributed by atoms with E-state index < -0.39 is 58.0 Å². The maximum atomic E-state index is 12.9. The molecule has 1 atom stereocenters. The molecule has 0 spiro atoms. The van der Waals surface area contributed by atoms with Gasteiger partial charge in [-0.2, -0.15) is 0 Å². The van der Waals surface area contributed by atoms with Gasteiger partial charge < -0.3 is 45.6 Å². The largest absolute Gasteiger partial charge is 0.508 e. The van der Waals surface area contributed by atoms with Crippen molar-refractivity contribution in [3.05, 3.63) is 52.8 Å². The second kappa shape index (κ2) is 9.59. The van der Waals surface area contributed by atoms with Crippen molar-refractivity contribution in [2.75, 3.05) is 0 Å². The van der Waals surface area contributed by atoms with E-state index in [-0.39, 0.29) is 11.5 Å². The third-order valence-electron chi connectivity index (χ3n) is 5.04. The van der Waals surface area contributed by atoms with Crippen LogP contribution in [0.15, 0.2) is 30.3 Å². The molecule has 1 heterocycles. The van der Waals surface area contributed by atoms with Crippen molar-refractivity contribution in [2.45, 2.75) is 18.9 Å². The fourth-order valence-electron chi connectivity index (χ4n) is 3.32. The third-order valence-corrected chi connectivity index (χ3v) is 5.04. The fourth-order valence-corrected chi connectivity index (χ4v) is 3.32. The Morgan fingerprint density at radius 3 is 2.03 bits per heavy atom. The Balaban J connectivity index is 0.000000214. The molecule has 0 bridgehead atoms. The Morgan fingerprint density at radius 1 is 0.829 bits per heavy atom. The number of carbonyl (C=O) groups is 1. The van der Waals surface area contributed by atoms with Gasteiger partial charge in [-0.3, -0.25) is 0 Å². The number of hydrogen-bond acceptors (Lipinski definition) is 11. The minimum Gasteiger partial charge on any atom is -0.508 e. The van der Waals surface area contributed by atoms with Crippen molar-refractivity contribution in [2.24, 2.45) is 0 Å². The van der Waals surface area contributed by atoms with Gasteiger partial charge in [0, 0.05) is 28.3 Å². The first kappa shape index (κ1) is 24.8. The molecule has 13 heteroatoms. The highest BCUT2D eigenvalue weighted by Crippen LogP contribution is 2.44. The van der Waals surface area contributed by atoms with Crippen LogP contribution < -0.4 is 4.74 Å². The van der Waals surface area contributed by atoms with E-state index in [0.29, 0.717) is 35.8 Å². The van der Waals surface area contributed by atoms with E-state index >= 15 is 0 Å². The summed E-state index contributed by atoms with van der Waals surface area (Å²) in [6, 6.07) is 5.70. The fraction of sp³-hybridized carbons (Fsp3) is 0.136. The molecule has 186 valence electrons. The summed E-state index contributed by atoms with van der Waals surface area (Å²) in [6.45, 7) is 0. The molecule has 0 amide bonds. The number of aromatic hydroxyl groups is 8. The minimum absolute atomic E-state index is 0.0279. The summed E-state index contributed by atoms with van der Waals surface area (Å²) in [4.78, 5) is 13.2. The van der Waals surface area contributed by atoms with Crippen molar-refractivity contribution < 1.29 is 64.2 Å². The van der Waals surface area contributed by atoms with Gasteiger partial charge in [-0.15, -0.1) is 0 Å². The second-order valence-corrected chi connectivity index (χ2v) is 7.31. The molecule has 0 unspecified atom stereocenters. The van der Waals surface area contributed by atoms with Gasteiger partial charge in [-0.05, 0) is 30.5 Å². The van der Waals surface area contributed by atoms with Crippen LogP contribution in [0.2, 0.25) is 0 Å². The van der Waals surface area contributed by atoms with Crippen molar-refractivity contribution in [1.29, 1.82) is 0 Å². The van der Waals surface area contributed by atoms with Gasteiger partial charge in [0.15, 0.2) is 34.6 Å². The van der Waals surface area contributed by atoms with E-state index in [1.165, 1.54) is 24.3 Å². The number of halogens is 2. The number of ether oxygens (including phenoxy) is 1. The zero-order valence-electron chi connectivity index (χ0n) is 17.4. The van der Waals surface area contributed by atoms with Gasteiger partial charge in [0.25, 0.3) is 0 Å². The van der Waals surface area contributed by atoms with Gasteiger partial charge in [0.1, 0.15) is 28.9 Å². The standard InChI is InChI=1S/C15H14O6.C7H4F2O5/c16-8-5-10(17)9-1-2-13(21-14(9)6-8)7-3-11(18)15(20)12(19)4-7;8-4-2(7(13)14-9)1-3(10)5(11)6(4)12/h3-6,13,16-20H,1-2H2;1,10-12H/t13-;/m0./s1. The quantitative estimate of drug-likeness (QED) is 0.242. The van der Waals surface area contributed by atoms with Crippen LogP contribution in [0.5, 0.6) is 51.7 Å². The minimum atomic E-state index is -1.73. The first-order valence-corrected chi connectivity index (χ1v) is 9.67. The van der Waals surface area contributed by atoms with E-state index in [2.05, 4.69) is 4.94 Å². The molecule has 8 N–H and O–H groups in total. The SMILES string of the molecule is O=C(OF)c1cc(O)c(O)c(O)c1F.Oc1cc(O)c2c(c1)O[C@H](c1cc(O)c(O)c(O)c1)CC2. The predicted octanol–water partition coefficient (Wildman–Crippen LogP) is 3.26. The molecule has 0 aliphatic carbocycles. The van der Waals surface area contributed by atoms with Crippen molar-refractivity contribution in [3.8, 4) is 51.7 Å². The monoisotopic (exact) mass is 496 g/mol. The first-order valence-electron chi connectivity index (χ1n) is 9.67. The van der Waals surface area contributed by atoms with Gasteiger partial charge in [0.05, 0.1) is 0 Å². The Hall–Kier alpha value is -4.81. The van der Waals surface area contributed by atoms with E-state index in [1.54, 1.807) is 0 Å². The van der Waals surface area contributed by atoms with E-state index in [4.69, 9.17) is 20.1 Å². The van der Waals surface area contributed by atoms with Crippen molar-refractivity contribution in [1.82, 2.24) is 0 Å². The molecule has 11 nitrogen and oxygen atoms in total. The summed E-state index contributed by atoms with van der Waals surface area (Å²) in [6.07, 6.45) is 0.583. The Morgan fingerprint density at radius 2 is 1.43 bits per heavy atom. The van der Waals surface area contributed by atoms with Crippen molar-refractivity contribution in [3.63, 3.8) is 0 Å². The highest BCUT2D eigenvalue weighted by Gasteiger charge is 2.26. The van der Waals surface area contributed by atoms with Crippen LogP contribution in [-0.4, -0.2) is 46.8 Å². The smallest absolute Gasteiger partial charge is 0.382 e. The van der Waals surface area contributed by atoms with E-state index in [0.717, 1.165) is 0 Å². The molecule has 4 rings (SSSR count). The lowest BCUT2D eigenvalue weighted by Gasteiger charge is -2.27. The number of rotatable bonds is 2. The average molecular weight is 496 g/mol. The molecular formula is C22H18F2O11. The summed E-state index contributed by atoms with van der Waals surface area (Å²) < 4.78 is 30.0. The van der Waals surface area contributed by atoms with Crippen LogP contribution in [0.4, 0.5) is 8.92 Å². The van der Waals surface area contributed by atoms with Gasteiger partial charge in [0.2, 0.25) is 5.75 Å². The highest BCUT2D eigenvalue weighted by molar-refractivity contribution is 5.91. The Bertz CT molecular complexity index is 1270. The summed E-state index contributed by atoms with van der Waals surface area (Å²) in [5.74, 6) is -8.00. The molecule has 0 fully saturated rings. The number of fused-ring (bicyclic) bond motifs is 1. The predicted molar refractivity (Wildman–Crippen MR) is 111 cm³/mol. The molecule has 3 aromatic rings. The lowest BCUT2D eigenvalue weighted by atomic mass is 9.96. The number of phenolic OH excluding ortho intramolecular Hbond substituents is 8. The van der Waals surface area contributed by atoms with Crippen LogP contribution in [0.1, 0.15) is 34.0 Å². The average Bonchev–Trinajstić information content (AvgIpc) is 2.82. The third kappa shape index (κ3) is 4.93. The topological polar surface area (TPSA) is 197 Å². The number of carbonyl (C=O) groups excluding carboxylic acids is 1. The van der Waals surface area contributed by atoms with Crippen molar-refractivity contribution >= 4 is 5.97 Å². The van der Waals surface area contributed by atoms with Gasteiger partial charge in [-0.25, -0.2) is 14.1 Å². The van der Waals surface area contributed by atoms with Gasteiger partial charge in [-0.1, -0.05) is 0 Å². The maximum Gasteiger partial charge on any atom is 0.382 e. The molecule has 0 aromatic heterocycles. The lowest BCUT2D eigenvalue weighted by molar-refractivity contribution is -0.0792. The number of benzene rings is 3. The summed E-state index contributed by atoms with van der Waals surface area (Å²) in [5.41, 5.74) is 0.0767. The van der Waals surface area contributed by atoms with E-state index in [9.17, 15) is 39.2 Å². The van der Waals surface area contributed by atoms with Crippen LogP contribution in [0.3, 0.4) is 0 Å². The highest BCUT2D eigenvalue weighted by atomic mass is 19.3. The van der Waals surface area contributed by atoms with Crippen LogP contribution >= 0.6 is 0 Å². The Kier molecular flexibility index (Phi) is 6.80.